The van der Waals surface area contributed by atoms with Gasteiger partial charge in [-0.15, -0.1) is 0 Å². The Morgan fingerprint density at radius 3 is 1.68 bits per heavy atom. The van der Waals surface area contributed by atoms with Crippen LogP contribution in [0.2, 0.25) is 0 Å². The Labute approximate surface area is 278 Å². The van der Waals surface area contributed by atoms with Crippen molar-refractivity contribution in [2.45, 2.75) is 19.8 Å². The molecule has 0 unspecified atom stereocenters. The van der Waals surface area contributed by atoms with Crippen LogP contribution < -0.4 is 9.47 Å². The summed E-state index contributed by atoms with van der Waals surface area (Å²) in [4.78, 5) is 17.2. The van der Waals surface area contributed by atoms with Crippen LogP contribution in [0.15, 0.2) is 54.6 Å². The minimum absolute atomic E-state index is 0.633. The maximum Gasteiger partial charge on any atom is 0.123 e. The molecule has 6 rings (SSSR count). The molecule has 5 heterocycles. The smallest absolute Gasteiger partial charge is 0.123 e. The summed E-state index contributed by atoms with van der Waals surface area (Å²) in [6.45, 7) is 5.43. The molecule has 0 aliphatic carbocycles. The molecule has 4 aromatic rings. The molecule has 2 aliphatic rings. The predicted molar refractivity (Wildman–Crippen MR) is 195 cm³/mol. The van der Waals surface area contributed by atoms with Gasteiger partial charge in [-0.05, 0) is 90.9 Å². The lowest BCUT2D eigenvalue weighted by Crippen LogP contribution is -2.36. The molecule has 2 N–H and O–H groups in total. The van der Waals surface area contributed by atoms with Crippen LogP contribution in [0.5, 0.6) is 11.5 Å². The molecule has 0 saturated heterocycles. The molecule has 2 aliphatic heterocycles. The number of nitrogens with one attached hydrogen (secondary N) is 2. The minimum atomic E-state index is 0.633. The van der Waals surface area contributed by atoms with Crippen molar-refractivity contribution in [1.82, 2.24) is 19.9 Å². The highest BCUT2D eigenvalue weighted by molar-refractivity contribution is 5.91. The van der Waals surface area contributed by atoms with Crippen molar-refractivity contribution < 1.29 is 18.4 Å². The standard InChI is InChI=1S/C39H48N6O2/c1-27-35-14-10-29(40-35)24-31-12-16-37(42-31)39(38-17-13-32(43-38)25-30-11-15-36(27)41-30)28-22-33(46-20-8-18-44(2,3)4)26-34(23-28)47-21-9-19-45(5,6)7/h10-17,22-26,40,43H,8-9,18-21H2,1-7H3/q+2. The van der Waals surface area contributed by atoms with Gasteiger partial charge in [-0.3, -0.25) is 0 Å². The van der Waals surface area contributed by atoms with Gasteiger partial charge < -0.3 is 28.4 Å². The first-order valence-electron chi connectivity index (χ1n) is 16.5. The summed E-state index contributed by atoms with van der Waals surface area (Å²) >= 11 is 0. The second kappa shape index (κ2) is 13.2. The first-order valence-corrected chi connectivity index (χ1v) is 16.5. The Morgan fingerprint density at radius 2 is 1.11 bits per heavy atom. The van der Waals surface area contributed by atoms with Crippen molar-refractivity contribution in [3.05, 3.63) is 82.9 Å². The van der Waals surface area contributed by atoms with Gasteiger partial charge >= 0.3 is 0 Å². The van der Waals surface area contributed by atoms with Crippen molar-refractivity contribution in [1.29, 1.82) is 0 Å². The molecule has 8 heteroatoms. The molecule has 0 amide bonds. The van der Waals surface area contributed by atoms with Gasteiger partial charge in [0, 0.05) is 46.5 Å². The largest absolute Gasteiger partial charge is 0.493 e. The second-order valence-corrected chi connectivity index (χ2v) is 14.6. The number of rotatable bonds is 11. The average molecular weight is 633 g/mol. The summed E-state index contributed by atoms with van der Waals surface area (Å²) in [6, 6.07) is 18.8. The highest BCUT2D eigenvalue weighted by Gasteiger charge is 2.15. The molecule has 8 bridgehead atoms. The number of hydrogen-bond donors (Lipinski definition) is 2. The van der Waals surface area contributed by atoms with E-state index in [9.17, 15) is 0 Å². The fourth-order valence-electron chi connectivity index (χ4n) is 5.86. The molecule has 8 nitrogen and oxygen atoms in total. The van der Waals surface area contributed by atoms with Crippen LogP contribution >= 0.6 is 0 Å². The van der Waals surface area contributed by atoms with Gasteiger partial charge in [0.1, 0.15) is 11.5 Å². The van der Waals surface area contributed by atoms with Gasteiger partial charge in [0.2, 0.25) is 0 Å². The summed E-state index contributed by atoms with van der Waals surface area (Å²) in [5, 5.41) is 0. The van der Waals surface area contributed by atoms with Gasteiger partial charge in [0.25, 0.3) is 0 Å². The van der Waals surface area contributed by atoms with Crippen molar-refractivity contribution >= 4 is 46.4 Å². The number of aromatic nitrogens is 4. The Morgan fingerprint density at radius 1 is 0.596 bits per heavy atom. The number of H-pyrrole nitrogens is 2. The SMILES string of the molecule is Cc1c2nc(cc3ccc([nH]3)c(-c3cc(OCCC[N+](C)(C)C)cc(OCCC[N+](C)(C)C)c3)c3nc(cc4ccc1[nH]4)C=C3)C=C2. The van der Waals surface area contributed by atoms with E-state index in [1.807, 2.05) is 6.07 Å². The molecular weight excluding hydrogens is 584 g/mol. The Kier molecular flexibility index (Phi) is 9.08. The van der Waals surface area contributed by atoms with E-state index in [0.717, 1.165) is 108 Å². The zero-order valence-electron chi connectivity index (χ0n) is 28.9. The van der Waals surface area contributed by atoms with Crippen LogP contribution in [-0.2, 0) is 0 Å². The van der Waals surface area contributed by atoms with Crippen LogP contribution in [0.1, 0.15) is 41.2 Å². The Balaban J connectivity index is 1.48. The third kappa shape index (κ3) is 8.39. The molecular formula is C39H48N6O2+2. The highest BCUT2D eigenvalue weighted by atomic mass is 16.5. The van der Waals surface area contributed by atoms with Crippen LogP contribution in [0.4, 0.5) is 0 Å². The average Bonchev–Trinajstić information content (AvgIpc) is 3.82. The number of aromatic amines is 2. The van der Waals surface area contributed by atoms with Crippen molar-refractivity contribution in [2.75, 3.05) is 68.6 Å². The predicted octanol–water partition coefficient (Wildman–Crippen LogP) is 7.58. The number of ether oxygens (including phenoxy) is 2. The maximum absolute atomic E-state index is 6.38. The van der Waals surface area contributed by atoms with E-state index in [0.29, 0.717) is 13.2 Å². The van der Waals surface area contributed by atoms with E-state index in [1.165, 1.54) is 0 Å². The lowest BCUT2D eigenvalue weighted by Gasteiger charge is -2.24. The third-order valence-electron chi connectivity index (χ3n) is 8.31. The molecule has 1 aromatic carbocycles. The van der Waals surface area contributed by atoms with Gasteiger partial charge in [0.05, 0.1) is 91.4 Å². The van der Waals surface area contributed by atoms with Gasteiger partial charge in [0.15, 0.2) is 0 Å². The zero-order valence-corrected chi connectivity index (χ0v) is 28.9. The zero-order chi connectivity index (χ0) is 33.2. The lowest BCUT2D eigenvalue weighted by molar-refractivity contribution is -0.870. The van der Waals surface area contributed by atoms with Crippen LogP contribution in [0.3, 0.4) is 0 Å². The first-order chi connectivity index (χ1) is 22.4. The van der Waals surface area contributed by atoms with Gasteiger partial charge in [-0.1, -0.05) is 0 Å². The number of nitrogens with zero attached hydrogens (tertiary/aromatic N) is 4. The van der Waals surface area contributed by atoms with E-state index in [4.69, 9.17) is 19.4 Å². The molecule has 3 aromatic heterocycles. The first kappa shape index (κ1) is 32.3. The van der Waals surface area contributed by atoms with Gasteiger partial charge in [-0.2, -0.15) is 0 Å². The Hall–Kier alpha value is -4.66. The van der Waals surface area contributed by atoms with Crippen molar-refractivity contribution in [3.63, 3.8) is 0 Å². The normalized spacial score (nSPS) is 12.9. The molecule has 0 saturated carbocycles. The van der Waals surface area contributed by atoms with E-state index < -0.39 is 0 Å². The number of benzene rings is 1. The summed E-state index contributed by atoms with van der Waals surface area (Å²) in [7, 11) is 13.2. The van der Waals surface area contributed by atoms with Gasteiger partial charge in [-0.25, -0.2) is 9.97 Å². The molecule has 244 valence electrons. The lowest BCUT2D eigenvalue weighted by atomic mass is 10.0. The van der Waals surface area contributed by atoms with Crippen LogP contribution in [0, 0.1) is 6.92 Å². The summed E-state index contributed by atoms with van der Waals surface area (Å²) in [5.74, 6) is 1.58. The molecule has 0 spiro atoms. The molecule has 0 atom stereocenters. The summed E-state index contributed by atoms with van der Waals surface area (Å²) in [6.07, 6.45) is 10.2. The van der Waals surface area contributed by atoms with Crippen LogP contribution in [0.25, 0.3) is 57.5 Å². The Bertz CT molecular complexity index is 1940. The summed E-state index contributed by atoms with van der Waals surface area (Å²) < 4.78 is 14.6. The van der Waals surface area contributed by atoms with Crippen molar-refractivity contribution in [3.8, 4) is 22.6 Å². The number of fused-ring (bicyclic) bond motifs is 8. The topological polar surface area (TPSA) is 75.8 Å². The van der Waals surface area contributed by atoms with Crippen LogP contribution in [-0.4, -0.2) is 97.5 Å². The third-order valence-corrected chi connectivity index (χ3v) is 8.31. The molecule has 0 radical (unpaired) electrons. The van der Waals surface area contributed by atoms with E-state index in [-0.39, 0.29) is 0 Å². The number of quaternary nitrogens is 2. The monoisotopic (exact) mass is 632 g/mol. The maximum atomic E-state index is 6.38. The number of hydrogen-bond acceptors (Lipinski definition) is 4. The van der Waals surface area contributed by atoms with Crippen molar-refractivity contribution in [2.24, 2.45) is 0 Å². The second-order valence-electron chi connectivity index (χ2n) is 14.6. The number of aryl methyl sites for hydroxylation is 1. The fraction of sp³-hybridized carbons (Fsp3) is 0.333. The molecule has 0 fully saturated rings. The van der Waals surface area contributed by atoms with E-state index >= 15 is 0 Å². The molecule has 47 heavy (non-hydrogen) atoms. The fourth-order valence-corrected chi connectivity index (χ4v) is 5.86. The quantitative estimate of drug-likeness (QED) is 0.114. The van der Waals surface area contributed by atoms with E-state index in [2.05, 4.69) is 132 Å². The summed E-state index contributed by atoms with van der Waals surface area (Å²) in [5.41, 5.74) is 10.6. The highest BCUT2D eigenvalue weighted by Crippen LogP contribution is 2.35. The van der Waals surface area contributed by atoms with E-state index in [1.54, 1.807) is 0 Å². The minimum Gasteiger partial charge on any atom is -0.493 e.